The molecule has 4 rings (SSSR count). The Balaban J connectivity index is 1.56. The van der Waals surface area contributed by atoms with E-state index in [0.29, 0.717) is 0 Å². The average Bonchev–Trinajstić information content (AvgIpc) is 2.85. The van der Waals surface area contributed by atoms with Crippen LogP contribution >= 0.6 is 0 Å². The van der Waals surface area contributed by atoms with Gasteiger partial charge in [-0.2, -0.15) is 0 Å². The van der Waals surface area contributed by atoms with E-state index in [2.05, 4.69) is 15.9 Å². The summed E-state index contributed by atoms with van der Waals surface area (Å²) in [6, 6.07) is 16.1. The molecule has 2 aromatic carbocycles. The van der Waals surface area contributed by atoms with E-state index in [1.165, 1.54) is 0 Å². The van der Waals surface area contributed by atoms with Crippen LogP contribution in [0.4, 0.5) is 5.69 Å². The van der Waals surface area contributed by atoms with Gasteiger partial charge in [-0.3, -0.25) is 4.90 Å². The monoisotopic (exact) mass is 351 g/mol. The maximum absolute atomic E-state index is 8.95. The minimum absolute atomic E-state index is 0.285. The van der Waals surface area contributed by atoms with Crippen molar-refractivity contribution in [1.29, 1.82) is 0 Å². The number of hydrogen-bond donors (Lipinski definition) is 1. The smallest absolute Gasteiger partial charge is 0.153 e. The third-order valence-electron chi connectivity index (χ3n) is 4.99. The van der Waals surface area contributed by atoms with Crippen molar-refractivity contribution in [3.8, 4) is 11.5 Å². The summed E-state index contributed by atoms with van der Waals surface area (Å²) in [5, 5.41) is 8.95. The second-order valence-corrected chi connectivity index (χ2v) is 6.76. The van der Waals surface area contributed by atoms with Crippen LogP contribution < -0.4 is 4.74 Å². The number of nitrogens with zero attached hydrogens (tertiary/aromatic N) is 3. The summed E-state index contributed by atoms with van der Waals surface area (Å²) in [6.07, 6.45) is 1.94. The van der Waals surface area contributed by atoms with Gasteiger partial charge in [-0.1, -0.05) is 24.3 Å². The highest BCUT2D eigenvalue weighted by atomic mass is 16.5. The van der Waals surface area contributed by atoms with Crippen molar-refractivity contribution in [3.05, 3.63) is 54.1 Å². The highest BCUT2D eigenvalue weighted by Gasteiger charge is 2.25. The molecule has 2 aliphatic rings. The number of aliphatic hydroxyl groups excluding tert-OH is 1. The molecule has 0 unspecified atom stereocenters. The summed E-state index contributed by atoms with van der Waals surface area (Å²) in [5.41, 5.74) is 1.93. The lowest BCUT2D eigenvalue weighted by Crippen LogP contribution is -2.49. The first-order valence-corrected chi connectivity index (χ1v) is 9.38. The molecule has 0 aromatic heterocycles. The molecular weight excluding hydrogens is 326 g/mol. The minimum Gasteiger partial charge on any atom is -0.454 e. The molecule has 5 nitrogen and oxygen atoms in total. The van der Waals surface area contributed by atoms with Gasteiger partial charge in [0.2, 0.25) is 0 Å². The Hall–Kier alpha value is -2.37. The first-order valence-electron chi connectivity index (χ1n) is 9.38. The number of ether oxygens (including phenoxy) is 1. The predicted molar refractivity (Wildman–Crippen MR) is 103 cm³/mol. The Bertz CT molecular complexity index is 782. The van der Waals surface area contributed by atoms with Crippen molar-refractivity contribution in [2.75, 3.05) is 39.3 Å². The first-order chi connectivity index (χ1) is 12.8. The third-order valence-corrected chi connectivity index (χ3v) is 4.99. The molecule has 0 spiro atoms. The Labute approximate surface area is 154 Å². The summed E-state index contributed by atoms with van der Waals surface area (Å²) in [7, 11) is 0. The van der Waals surface area contributed by atoms with Gasteiger partial charge in [0.1, 0.15) is 17.3 Å². The number of unbranched alkanes of at least 4 members (excludes halogenated alkanes) is 1. The van der Waals surface area contributed by atoms with Crippen LogP contribution in [0.25, 0.3) is 0 Å². The normalized spacial score (nSPS) is 17.0. The van der Waals surface area contributed by atoms with E-state index >= 15 is 0 Å². The molecule has 0 amide bonds. The topological polar surface area (TPSA) is 48.3 Å². The number of amidine groups is 1. The van der Waals surface area contributed by atoms with E-state index in [1.54, 1.807) is 0 Å². The van der Waals surface area contributed by atoms with Gasteiger partial charge in [-0.05, 0) is 43.7 Å². The lowest BCUT2D eigenvalue weighted by molar-refractivity contribution is 0.174. The SMILES string of the molecule is OCCCCN1CCN(C2=Nc3ccccc3Oc3ccccc32)CC1. The highest BCUT2D eigenvalue weighted by molar-refractivity contribution is 6.03. The van der Waals surface area contributed by atoms with Gasteiger partial charge in [0.25, 0.3) is 0 Å². The lowest BCUT2D eigenvalue weighted by atomic mass is 10.1. The number of hydrogen-bond acceptors (Lipinski definition) is 5. The van der Waals surface area contributed by atoms with Crippen molar-refractivity contribution in [2.24, 2.45) is 4.99 Å². The van der Waals surface area contributed by atoms with E-state index in [-0.39, 0.29) is 6.61 Å². The predicted octanol–water partition coefficient (Wildman–Crippen LogP) is 3.26. The summed E-state index contributed by atoms with van der Waals surface area (Å²) in [4.78, 5) is 9.81. The fraction of sp³-hybridized carbons (Fsp3) is 0.381. The van der Waals surface area contributed by atoms with E-state index in [4.69, 9.17) is 14.8 Å². The number of aliphatic hydroxyl groups is 1. The van der Waals surface area contributed by atoms with Crippen LogP contribution in [-0.4, -0.2) is 60.1 Å². The zero-order valence-electron chi connectivity index (χ0n) is 15.0. The van der Waals surface area contributed by atoms with Gasteiger partial charge >= 0.3 is 0 Å². The van der Waals surface area contributed by atoms with Gasteiger partial charge in [-0.25, -0.2) is 4.99 Å². The van der Waals surface area contributed by atoms with Crippen LogP contribution in [0.5, 0.6) is 11.5 Å². The second-order valence-electron chi connectivity index (χ2n) is 6.76. The van der Waals surface area contributed by atoms with Crippen molar-refractivity contribution in [2.45, 2.75) is 12.8 Å². The molecule has 0 radical (unpaired) electrons. The fourth-order valence-corrected chi connectivity index (χ4v) is 3.54. The van der Waals surface area contributed by atoms with Gasteiger partial charge in [0.05, 0.1) is 5.56 Å². The Morgan fingerprint density at radius 1 is 0.885 bits per heavy atom. The molecule has 1 saturated heterocycles. The minimum atomic E-state index is 0.285. The zero-order valence-corrected chi connectivity index (χ0v) is 15.0. The summed E-state index contributed by atoms with van der Waals surface area (Å²) in [5.74, 6) is 2.67. The number of aliphatic imine (C=N–C) groups is 1. The van der Waals surface area contributed by atoms with E-state index in [9.17, 15) is 0 Å². The van der Waals surface area contributed by atoms with Crippen LogP contribution in [0, 0.1) is 0 Å². The number of piperazine rings is 1. The molecule has 2 aliphatic heterocycles. The summed E-state index contributed by atoms with van der Waals surface area (Å²) in [6.45, 7) is 5.30. The molecule has 0 saturated carbocycles. The molecule has 1 N–H and O–H groups in total. The van der Waals surface area contributed by atoms with Crippen LogP contribution in [-0.2, 0) is 0 Å². The Morgan fingerprint density at radius 2 is 1.62 bits per heavy atom. The van der Waals surface area contributed by atoms with Crippen molar-refractivity contribution in [1.82, 2.24) is 9.80 Å². The standard InChI is InChI=1S/C21H25N3O2/c25-16-6-5-11-23-12-14-24(15-13-23)21-17-7-1-3-9-19(17)26-20-10-4-2-8-18(20)22-21/h1-4,7-10,25H,5-6,11-16H2. The Morgan fingerprint density at radius 3 is 2.42 bits per heavy atom. The molecule has 0 aliphatic carbocycles. The van der Waals surface area contributed by atoms with Crippen LogP contribution in [0.1, 0.15) is 18.4 Å². The fourth-order valence-electron chi connectivity index (χ4n) is 3.54. The largest absolute Gasteiger partial charge is 0.454 e. The molecule has 26 heavy (non-hydrogen) atoms. The first kappa shape index (κ1) is 17.1. The second kappa shape index (κ2) is 7.89. The van der Waals surface area contributed by atoms with Crippen molar-refractivity contribution < 1.29 is 9.84 Å². The van der Waals surface area contributed by atoms with E-state index in [1.807, 2.05) is 42.5 Å². The zero-order chi connectivity index (χ0) is 17.8. The summed E-state index contributed by atoms with van der Waals surface area (Å²) >= 11 is 0. The van der Waals surface area contributed by atoms with Gasteiger partial charge in [-0.15, -0.1) is 0 Å². The quantitative estimate of drug-likeness (QED) is 0.859. The third kappa shape index (κ3) is 3.59. The number of fused-ring (bicyclic) bond motifs is 2. The van der Waals surface area contributed by atoms with Gasteiger partial charge in [0.15, 0.2) is 5.75 Å². The molecule has 2 heterocycles. The van der Waals surface area contributed by atoms with Crippen LogP contribution in [0.15, 0.2) is 53.5 Å². The maximum Gasteiger partial charge on any atom is 0.153 e. The van der Waals surface area contributed by atoms with Crippen molar-refractivity contribution in [3.63, 3.8) is 0 Å². The van der Waals surface area contributed by atoms with Crippen molar-refractivity contribution >= 4 is 11.5 Å². The number of para-hydroxylation sites is 3. The molecule has 5 heteroatoms. The Kier molecular flexibility index (Phi) is 5.18. The van der Waals surface area contributed by atoms with Crippen LogP contribution in [0.3, 0.4) is 0 Å². The molecule has 2 aromatic rings. The number of rotatable bonds is 4. The molecule has 1 fully saturated rings. The number of benzene rings is 2. The lowest BCUT2D eigenvalue weighted by Gasteiger charge is -2.36. The van der Waals surface area contributed by atoms with Crippen LogP contribution in [0.2, 0.25) is 0 Å². The average molecular weight is 351 g/mol. The highest BCUT2D eigenvalue weighted by Crippen LogP contribution is 2.37. The van der Waals surface area contributed by atoms with E-state index in [0.717, 1.165) is 74.2 Å². The molecule has 0 bridgehead atoms. The van der Waals surface area contributed by atoms with E-state index < -0.39 is 0 Å². The molecule has 136 valence electrons. The maximum atomic E-state index is 8.95. The summed E-state index contributed by atoms with van der Waals surface area (Å²) < 4.78 is 6.13. The molecular formula is C21H25N3O2. The van der Waals surface area contributed by atoms with Gasteiger partial charge < -0.3 is 14.7 Å². The molecule has 0 atom stereocenters. The van der Waals surface area contributed by atoms with Gasteiger partial charge in [0, 0.05) is 32.8 Å².